The molecule has 0 aliphatic rings. The highest BCUT2D eigenvalue weighted by atomic mass is 35.5. The first-order valence-corrected chi connectivity index (χ1v) is 7.87. The fourth-order valence-corrected chi connectivity index (χ4v) is 3.31. The van der Waals surface area contributed by atoms with E-state index in [4.69, 9.17) is 16.9 Å². The number of nitriles is 1. The molecular weight excluding hydrogens is 316 g/mol. The number of ether oxygens (including phenoxy) is 1. The molecule has 1 aromatic carbocycles. The molecule has 0 bridgehead atoms. The molecule has 114 valence electrons. The predicted molar refractivity (Wildman–Crippen MR) is 77.2 cm³/mol. The van der Waals surface area contributed by atoms with Crippen LogP contribution in [0.15, 0.2) is 23.1 Å². The Balaban J connectivity index is 2.90. The summed E-state index contributed by atoms with van der Waals surface area (Å²) >= 11 is 5.90. The summed E-state index contributed by atoms with van der Waals surface area (Å²) in [6, 6.07) is 5.91. The Morgan fingerprint density at radius 3 is 2.71 bits per heavy atom. The minimum atomic E-state index is -3.81. The van der Waals surface area contributed by atoms with Gasteiger partial charge < -0.3 is 4.74 Å². The molecule has 0 unspecified atom stereocenters. The van der Waals surface area contributed by atoms with Gasteiger partial charge in [-0.1, -0.05) is 11.6 Å². The molecular formula is C13H15ClN2O4S. The largest absolute Gasteiger partial charge is 0.469 e. The molecule has 1 aromatic rings. The van der Waals surface area contributed by atoms with Crippen LogP contribution in [0.5, 0.6) is 0 Å². The summed E-state index contributed by atoms with van der Waals surface area (Å²) in [5.41, 5.74) is 0.209. The van der Waals surface area contributed by atoms with Crippen LogP contribution in [0.2, 0.25) is 5.02 Å². The lowest BCUT2D eigenvalue weighted by molar-refractivity contribution is -0.140. The van der Waals surface area contributed by atoms with Crippen LogP contribution >= 0.6 is 11.6 Å². The van der Waals surface area contributed by atoms with Crippen molar-refractivity contribution in [3.8, 4) is 6.07 Å². The molecule has 0 N–H and O–H groups in total. The van der Waals surface area contributed by atoms with E-state index in [1.807, 2.05) is 6.07 Å². The van der Waals surface area contributed by atoms with Gasteiger partial charge in [0.1, 0.15) is 4.90 Å². The van der Waals surface area contributed by atoms with Gasteiger partial charge in [0.2, 0.25) is 10.0 Å². The van der Waals surface area contributed by atoms with Crippen LogP contribution in [-0.4, -0.2) is 39.4 Å². The highest BCUT2D eigenvalue weighted by molar-refractivity contribution is 7.89. The van der Waals surface area contributed by atoms with Crippen LogP contribution in [0.25, 0.3) is 0 Å². The van der Waals surface area contributed by atoms with Gasteiger partial charge >= 0.3 is 5.97 Å². The van der Waals surface area contributed by atoms with E-state index < -0.39 is 16.0 Å². The molecule has 6 nitrogen and oxygen atoms in total. The Morgan fingerprint density at radius 2 is 2.14 bits per heavy atom. The van der Waals surface area contributed by atoms with Gasteiger partial charge in [0.05, 0.1) is 23.8 Å². The van der Waals surface area contributed by atoms with Crippen LogP contribution in [-0.2, 0) is 19.6 Å². The Labute approximate surface area is 128 Å². The molecule has 0 atom stereocenters. The second-order valence-corrected chi connectivity index (χ2v) is 6.68. The lowest BCUT2D eigenvalue weighted by Gasteiger charge is -2.17. The summed E-state index contributed by atoms with van der Waals surface area (Å²) in [6.07, 6.45) is 0.459. The number of carbonyl (C=O) groups excluding carboxylic acids is 1. The number of carbonyl (C=O) groups is 1. The third kappa shape index (κ3) is 4.43. The Hall–Kier alpha value is -1.62. The van der Waals surface area contributed by atoms with Gasteiger partial charge in [0, 0.05) is 20.0 Å². The first-order chi connectivity index (χ1) is 9.82. The Morgan fingerprint density at radius 1 is 1.48 bits per heavy atom. The maximum absolute atomic E-state index is 12.4. The van der Waals surface area contributed by atoms with Gasteiger partial charge in [-0.2, -0.15) is 5.26 Å². The molecule has 0 aliphatic carbocycles. The van der Waals surface area contributed by atoms with Crippen molar-refractivity contribution in [1.29, 1.82) is 5.26 Å². The smallest absolute Gasteiger partial charge is 0.305 e. The maximum atomic E-state index is 12.4. The summed E-state index contributed by atoms with van der Waals surface area (Å²) < 4.78 is 30.3. The van der Waals surface area contributed by atoms with Crippen LogP contribution in [0.3, 0.4) is 0 Å². The average molecular weight is 331 g/mol. The van der Waals surface area contributed by atoms with E-state index in [9.17, 15) is 13.2 Å². The van der Waals surface area contributed by atoms with Crippen molar-refractivity contribution < 1.29 is 17.9 Å². The van der Waals surface area contributed by atoms with Gasteiger partial charge in [-0.3, -0.25) is 4.79 Å². The van der Waals surface area contributed by atoms with Crippen LogP contribution < -0.4 is 0 Å². The summed E-state index contributed by atoms with van der Waals surface area (Å²) in [4.78, 5) is 10.9. The van der Waals surface area contributed by atoms with Gasteiger partial charge in [-0.25, -0.2) is 12.7 Å². The molecule has 0 saturated heterocycles. The number of hydrogen-bond acceptors (Lipinski definition) is 5. The topological polar surface area (TPSA) is 87.5 Å². The highest BCUT2D eigenvalue weighted by Gasteiger charge is 2.24. The summed E-state index contributed by atoms with van der Waals surface area (Å²) in [7, 11) is -1.14. The summed E-state index contributed by atoms with van der Waals surface area (Å²) in [5, 5.41) is 8.88. The quantitative estimate of drug-likeness (QED) is 0.742. The average Bonchev–Trinajstić information content (AvgIpc) is 2.47. The molecule has 0 fully saturated rings. The zero-order chi connectivity index (χ0) is 16.0. The van der Waals surface area contributed by atoms with Crippen molar-refractivity contribution in [2.24, 2.45) is 0 Å². The van der Waals surface area contributed by atoms with E-state index in [0.29, 0.717) is 6.42 Å². The number of sulfonamides is 1. The van der Waals surface area contributed by atoms with Crippen molar-refractivity contribution >= 4 is 27.6 Å². The summed E-state index contributed by atoms with van der Waals surface area (Å²) in [6.45, 7) is 0.143. The van der Waals surface area contributed by atoms with Gasteiger partial charge in [-0.05, 0) is 24.6 Å². The van der Waals surface area contributed by atoms with Crippen LogP contribution in [0.4, 0.5) is 0 Å². The van der Waals surface area contributed by atoms with Gasteiger partial charge in [0.25, 0.3) is 0 Å². The van der Waals surface area contributed by atoms with E-state index in [1.54, 1.807) is 0 Å². The number of methoxy groups -OCH3 is 1. The van der Waals surface area contributed by atoms with E-state index in [1.165, 1.54) is 32.4 Å². The van der Waals surface area contributed by atoms with Crippen molar-refractivity contribution in [3.05, 3.63) is 28.8 Å². The molecule has 0 amide bonds. The van der Waals surface area contributed by atoms with E-state index in [2.05, 4.69) is 4.74 Å². The molecule has 0 heterocycles. The summed E-state index contributed by atoms with van der Waals surface area (Å²) in [5.74, 6) is -0.398. The molecule has 0 spiro atoms. The molecule has 21 heavy (non-hydrogen) atoms. The standard InChI is InChI=1S/C13H15ClN2O4S/c1-16(7-3-4-13(17)20-2)21(18,19)12-8-10(9-15)5-6-11(12)14/h5-6,8H,3-4,7H2,1-2H3. The lowest BCUT2D eigenvalue weighted by Crippen LogP contribution is -2.28. The lowest BCUT2D eigenvalue weighted by atomic mass is 10.2. The second kappa shape index (κ2) is 7.41. The Bertz CT molecular complexity index is 667. The second-order valence-electron chi connectivity index (χ2n) is 4.26. The minimum Gasteiger partial charge on any atom is -0.469 e. The molecule has 0 radical (unpaired) electrons. The normalized spacial score (nSPS) is 11.2. The molecule has 1 rings (SSSR count). The zero-order valence-electron chi connectivity index (χ0n) is 11.7. The van der Waals surface area contributed by atoms with Crippen molar-refractivity contribution in [1.82, 2.24) is 4.31 Å². The monoisotopic (exact) mass is 330 g/mol. The predicted octanol–water partition coefficient (Wildman–Crippen LogP) is 1.79. The van der Waals surface area contributed by atoms with E-state index in [-0.39, 0.29) is 28.4 Å². The van der Waals surface area contributed by atoms with Crippen LogP contribution in [0.1, 0.15) is 18.4 Å². The molecule has 0 aromatic heterocycles. The van der Waals surface area contributed by atoms with Gasteiger partial charge in [0.15, 0.2) is 0 Å². The number of rotatable bonds is 6. The first kappa shape index (κ1) is 17.4. The number of hydrogen-bond donors (Lipinski definition) is 0. The van der Waals surface area contributed by atoms with Crippen molar-refractivity contribution in [2.75, 3.05) is 20.7 Å². The maximum Gasteiger partial charge on any atom is 0.305 e. The number of benzene rings is 1. The minimum absolute atomic E-state index is 0.0498. The van der Waals surface area contributed by atoms with Gasteiger partial charge in [-0.15, -0.1) is 0 Å². The number of esters is 1. The van der Waals surface area contributed by atoms with E-state index in [0.717, 1.165) is 4.31 Å². The number of nitrogens with zero attached hydrogens (tertiary/aromatic N) is 2. The Kier molecular flexibility index (Phi) is 6.15. The molecule has 0 aliphatic heterocycles. The molecule has 0 saturated carbocycles. The SMILES string of the molecule is COC(=O)CCCN(C)S(=O)(=O)c1cc(C#N)ccc1Cl. The fraction of sp³-hybridized carbons (Fsp3) is 0.385. The first-order valence-electron chi connectivity index (χ1n) is 6.05. The zero-order valence-corrected chi connectivity index (χ0v) is 13.2. The third-order valence-electron chi connectivity index (χ3n) is 2.83. The van der Waals surface area contributed by atoms with Crippen molar-refractivity contribution in [2.45, 2.75) is 17.7 Å². The third-order valence-corrected chi connectivity index (χ3v) is 5.17. The van der Waals surface area contributed by atoms with Crippen molar-refractivity contribution in [3.63, 3.8) is 0 Å². The fourth-order valence-electron chi connectivity index (χ4n) is 1.61. The molecule has 8 heteroatoms. The highest BCUT2D eigenvalue weighted by Crippen LogP contribution is 2.25. The van der Waals surface area contributed by atoms with Crippen LogP contribution in [0, 0.1) is 11.3 Å². The number of halogens is 1. The van der Waals surface area contributed by atoms with E-state index >= 15 is 0 Å².